The minimum Gasteiger partial charge on any atom is -0.379 e. The molecule has 4 aromatic heterocycles. The van der Waals surface area contributed by atoms with Gasteiger partial charge in [-0.05, 0) is 31.2 Å². The number of hydrogen-bond donors (Lipinski definition) is 0. The van der Waals surface area contributed by atoms with Gasteiger partial charge in [-0.15, -0.1) is 22.7 Å². The Balaban J connectivity index is 1.35. The largest absolute Gasteiger partial charge is 0.379 e. The molecule has 0 bridgehead atoms. The zero-order valence-electron chi connectivity index (χ0n) is 17.6. The molecule has 1 aliphatic carbocycles. The summed E-state index contributed by atoms with van der Waals surface area (Å²) in [4.78, 5) is 32.8. The molecule has 1 saturated heterocycles. The number of thiophene rings is 1. The second-order valence-corrected chi connectivity index (χ2v) is 11.1. The Morgan fingerprint density at radius 2 is 2.00 bits per heavy atom. The third kappa shape index (κ3) is 3.99. The summed E-state index contributed by atoms with van der Waals surface area (Å²) in [6, 6.07) is 1.64. The summed E-state index contributed by atoms with van der Waals surface area (Å²) in [7, 11) is 0. The van der Waals surface area contributed by atoms with Gasteiger partial charge < -0.3 is 4.74 Å². The van der Waals surface area contributed by atoms with E-state index in [-0.39, 0.29) is 5.56 Å². The second kappa shape index (κ2) is 8.83. The van der Waals surface area contributed by atoms with Crippen molar-refractivity contribution in [3.63, 3.8) is 0 Å². The van der Waals surface area contributed by atoms with Gasteiger partial charge in [-0.3, -0.25) is 14.1 Å². The van der Waals surface area contributed by atoms with Crippen LogP contribution < -0.4 is 5.56 Å². The highest BCUT2D eigenvalue weighted by molar-refractivity contribution is 7.98. The van der Waals surface area contributed by atoms with Gasteiger partial charge in [0.25, 0.3) is 5.56 Å². The highest BCUT2D eigenvalue weighted by atomic mass is 32.2. The molecule has 1 aliphatic heterocycles. The highest BCUT2D eigenvalue weighted by Gasteiger charge is 2.22. The van der Waals surface area contributed by atoms with E-state index < -0.39 is 0 Å². The fraction of sp³-hybridized carbons (Fsp3) is 0.455. The lowest BCUT2D eigenvalue weighted by molar-refractivity contribution is 0.0330. The topological polar surface area (TPSA) is 72.6 Å². The van der Waals surface area contributed by atoms with Crippen LogP contribution in [0.4, 0.5) is 0 Å². The summed E-state index contributed by atoms with van der Waals surface area (Å²) < 4.78 is 7.09. The molecule has 32 heavy (non-hydrogen) atoms. The van der Waals surface area contributed by atoms with Crippen LogP contribution in [0.15, 0.2) is 27.5 Å². The molecule has 4 aromatic rings. The lowest BCUT2D eigenvalue weighted by Crippen LogP contribution is -2.36. The minimum atomic E-state index is -0.0272. The monoisotopic (exact) mass is 485 g/mol. The molecule has 166 valence electrons. The van der Waals surface area contributed by atoms with E-state index in [1.807, 2.05) is 16.7 Å². The SMILES string of the molecule is O=c1cc(CSc2nc(CN3CCOCC3)nc3sc4c(c23)CCCC4)nc2sccn12. The summed E-state index contributed by atoms with van der Waals surface area (Å²) in [5, 5.41) is 4.16. The van der Waals surface area contributed by atoms with E-state index in [4.69, 9.17) is 14.7 Å². The number of fused-ring (bicyclic) bond motifs is 4. The smallest absolute Gasteiger partial charge is 0.258 e. The Morgan fingerprint density at radius 3 is 2.91 bits per heavy atom. The van der Waals surface area contributed by atoms with Crippen LogP contribution in [-0.2, 0) is 29.9 Å². The predicted octanol–water partition coefficient (Wildman–Crippen LogP) is 3.76. The van der Waals surface area contributed by atoms with Crippen molar-refractivity contribution in [1.82, 2.24) is 24.3 Å². The van der Waals surface area contributed by atoms with Crippen LogP contribution in [0.25, 0.3) is 15.2 Å². The van der Waals surface area contributed by atoms with E-state index in [2.05, 4.69) is 9.88 Å². The Morgan fingerprint density at radius 1 is 1.12 bits per heavy atom. The van der Waals surface area contributed by atoms with Crippen LogP contribution >= 0.6 is 34.4 Å². The Hall–Kier alpha value is -1.85. The molecule has 5 heterocycles. The van der Waals surface area contributed by atoms with Gasteiger partial charge in [0.2, 0.25) is 0 Å². The first-order chi connectivity index (χ1) is 15.7. The van der Waals surface area contributed by atoms with Crippen LogP contribution in [-0.4, -0.2) is 50.6 Å². The van der Waals surface area contributed by atoms with E-state index in [0.717, 1.165) is 72.0 Å². The minimum absolute atomic E-state index is 0.0272. The van der Waals surface area contributed by atoms with E-state index in [1.165, 1.54) is 40.0 Å². The summed E-state index contributed by atoms with van der Waals surface area (Å²) in [5.41, 5.74) is 2.21. The van der Waals surface area contributed by atoms with E-state index >= 15 is 0 Å². The van der Waals surface area contributed by atoms with Crippen molar-refractivity contribution < 1.29 is 4.74 Å². The van der Waals surface area contributed by atoms with Gasteiger partial charge in [0.1, 0.15) is 15.7 Å². The first-order valence-electron chi connectivity index (χ1n) is 10.9. The van der Waals surface area contributed by atoms with Gasteiger partial charge in [-0.2, -0.15) is 0 Å². The number of nitrogens with zero attached hydrogens (tertiary/aromatic N) is 5. The van der Waals surface area contributed by atoms with Crippen LogP contribution in [0.3, 0.4) is 0 Å². The first kappa shape index (κ1) is 20.7. The number of morpholine rings is 1. The number of hydrogen-bond acceptors (Lipinski definition) is 9. The molecule has 0 atom stereocenters. The Kier molecular flexibility index (Phi) is 5.72. The van der Waals surface area contributed by atoms with Gasteiger partial charge in [0.15, 0.2) is 4.96 Å². The molecule has 0 unspecified atom stereocenters. The Labute approximate surface area is 197 Å². The number of thiazole rings is 1. The van der Waals surface area contributed by atoms with Crippen molar-refractivity contribution in [2.24, 2.45) is 0 Å². The molecule has 7 nitrogen and oxygen atoms in total. The van der Waals surface area contributed by atoms with Gasteiger partial charge in [0, 0.05) is 46.7 Å². The third-order valence-electron chi connectivity index (χ3n) is 6.01. The summed E-state index contributed by atoms with van der Waals surface area (Å²) >= 11 is 5.01. The molecule has 0 aromatic carbocycles. The van der Waals surface area contributed by atoms with Gasteiger partial charge in [-0.25, -0.2) is 15.0 Å². The molecule has 0 amide bonds. The first-order valence-corrected chi connectivity index (χ1v) is 13.6. The molecule has 6 rings (SSSR count). The lowest BCUT2D eigenvalue weighted by atomic mass is 9.97. The summed E-state index contributed by atoms with van der Waals surface area (Å²) in [5.74, 6) is 1.50. The molecule has 2 aliphatic rings. The zero-order valence-corrected chi connectivity index (χ0v) is 20.0. The maximum atomic E-state index is 12.4. The van der Waals surface area contributed by atoms with Crippen molar-refractivity contribution in [2.75, 3.05) is 26.3 Å². The van der Waals surface area contributed by atoms with Crippen LogP contribution in [0, 0.1) is 0 Å². The molecule has 0 spiro atoms. The fourth-order valence-corrected chi connectivity index (χ4v) is 7.45. The number of aromatic nitrogens is 4. The van der Waals surface area contributed by atoms with Gasteiger partial charge in [-0.1, -0.05) is 11.8 Å². The van der Waals surface area contributed by atoms with Crippen LogP contribution in [0.1, 0.15) is 34.8 Å². The van der Waals surface area contributed by atoms with E-state index in [0.29, 0.717) is 5.75 Å². The maximum absolute atomic E-state index is 12.4. The Bertz CT molecular complexity index is 1340. The van der Waals surface area contributed by atoms with E-state index in [1.54, 1.807) is 28.4 Å². The standard InChI is InChI=1S/C22H23N5O2S3/c28-18-11-14(23-22-27(18)7-10-30-22)13-31-20-19-15-3-1-2-4-16(15)32-21(19)25-17(24-20)12-26-5-8-29-9-6-26/h7,10-11H,1-6,8-9,12-13H2. The van der Waals surface area contributed by atoms with Crippen molar-refractivity contribution in [3.8, 4) is 0 Å². The number of thioether (sulfide) groups is 1. The molecule has 0 saturated carbocycles. The molecule has 1 fully saturated rings. The average molecular weight is 486 g/mol. The number of ether oxygens (including phenoxy) is 1. The van der Waals surface area contributed by atoms with Crippen molar-refractivity contribution in [1.29, 1.82) is 0 Å². The average Bonchev–Trinajstić information content (AvgIpc) is 3.43. The summed E-state index contributed by atoms with van der Waals surface area (Å²) in [6.07, 6.45) is 6.51. The highest BCUT2D eigenvalue weighted by Crippen LogP contribution is 2.40. The third-order valence-corrected chi connectivity index (χ3v) is 8.96. The second-order valence-electron chi connectivity index (χ2n) is 8.15. The van der Waals surface area contributed by atoms with Gasteiger partial charge >= 0.3 is 0 Å². The predicted molar refractivity (Wildman–Crippen MR) is 129 cm³/mol. The molecular weight excluding hydrogens is 462 g/mol. The molecule has 10 heteroatoms. The number of aryl methyl sites for hydroxylation is 2. The van der Waals surface area contributed by atoms with E-state index in [9.17, 15) is 4.79 Å². The van der Waals surface area contributed by atoms with Crippen molar-refractivity contribution in [3.05, 3.63) is 50.0 Å². The lowest BCUT2D eigenvalue weighted by Gasteiger charge is -2.25. The van der Waals surface area contributed by atoms with Gasteiger partial charge in [0.05, 0.1) is 25.5 Å². The zero-order chi connectivity index (χ0) is 21.5. The summed E-state index contributed by atoms with van der Waals surface area (Å²) in [6.45, 7) is 4.11. The fourth-order valence-electron chi connectivity index (χ4n) is 4.40. The van der Waals surface area contributed by atoms with Crippen LogP contribution in [0.5, 0.6) is 0 Å². The van der Waals surface area contributed by atoms with Crippen molar-refractivity contribution in [2.45, 2.75) is 43.0 Å². The maximum Gasteiger partial charge on any atom is 0.258 e. The normalized spacial score (nSPS) is 17.2. The van der Waals surface area contributed by atoms with Crippen molar-refractivity contribution >= 4 is 49.6 Å². The quantitative estimate of drug-likeness (QED) is 0.315. The number of rotatable bonds is 5. The van der Waals surface area contributed by atoms with Crippen LogP contribution in [0.2, 0.25) is 0 Å². The molecular formula is C22H23N5O2S3. The molecule has 0 radical (unpaired) electrons. The molecule has 0 N–H and O–H groups in total.